The molecule has 3 aliphatic rings. The van der Waals surface area contributed by atoms with Crippen LogP contribution in [0.3, 0.4) is 0 Å². The molecule has 106 valence electrons. The van der Waals surface area contributed by atoms with Crippen molar-refractivity contribution in [1.82, 2.24) is 0 Å². The van der Waals surface area contributed by atoms with Gasteiger partial charge in [0.15, 0.2) is 0 Å². The molecule has 0 unspecified atom stereocenters. The molecule has 0 amide bonds. The van der Waals surface area contributed by atoms with Gasteiger partial charge in [0.05, 0.1) is 0 Å². The van der Waals surface area contributed by atoms with Gasteiger partial charge in [-0.3, -0.25) is 6.08 Å². The molecule has 1 fully saturated rings. The summed E-state index contributed by atoms with van der Waals surface area (Å²) in [5.74, 6) is 0.478. The zero-order valence-corrected chi connectivity index (χ0v) is 16.4. The Morgan fingerprint density at radius 1 is 0.909 bits per heavy atom. The van der Waals surface area contributed by atoms with E-state index in [1.54, 1.807) is 16.0 Å². The maximum absolute atomic E-state index is 3.68. The van der Waals surface area contributed by atoms with Gasteiger partial charge in [-0.1, -0.05) is 61.6 Å². The van der Waals surface area contributed by atoms with Crippen LogP contribution in [0.15, 0.2) is 64.5 Å². The fourth-order valence-electron chi connectivity index (χ4n) is 4.39. The third-order valence-electron chi connectivity index (χ3n) is 5.40. The summed E-state index contributed by atoms with van der Waals surface area (Å²) >= 11 is 0. The number of allylic oxidation sites excluding steroid dienone is 4. The summed E-state index contributed by atoms with van der Waals surface area (Å²) in [5, 5.41) is 3.33. The Bertz CT molecular complexity index is 812. The minimum atomic E-state index is -1.20. The average molecular weight is 377 g/mol. The largest absolute Gasteiger partial charge is 0.274 e. The Labute approximate surface area is 152 Å². The molecule has 0 nitrogen and oxygen atoms in total. The minimum Gasteiger partial charge on any atom is -0.274 e. The Morgan fingerprint density at radius 3 is 1.95 bits per heavy atom. The first-order valence-corrected chi connectivity index (χ1v) is 10.7. The van der Waals surface area contributed by atoms with Gasteiger partial charge in [-0.05, 0) is 30.3 Å². The summed E-state index contributed by atoms with van der Waals surface area (Å²) in [6.45, 7) is 4.94. The first-order valence-electron chi connectivity index (χ1n) is 7.73. The fourth-order valence-corrected chi connectivity index (χ4v) is 7.89. The molecule has 0 N–H and O–H groups in total. The first kappa shape index (κ1) is 14.6. The Balaban J connectivity index is 0.00000125. The maximum Gasteiger partial charge on any atom is 0.0142 e. The van der Waals surface area contributed by atoms with E-state index in [9.17, 15) is 0 Å². The monoisotopic (exact) mass is 375 g/mol. The van der Waals surface area contributed by atoms with Crippen LogP contribution in [0.1, 0.15) is 23.5 Å². The summed E-state index contributed by atoms with van der Waals surface area (Å²) in [6, 6.07) is 17.9. The predicted molar refractivity (Wildman–Crippen MR) is 89.6 cm³/mol. The molecule has 1 saturated heterocycles. The van der Waals surface area contributed by atoms with Crippen LogP contribution in [0.4, 0.5) is 0 Å². The Kier molecular flexibility index (Phi) is 3.16. The third kappa shape index (κ3) is 1.71. The maximum atomic E-state index is 3.68. The van der Waals surface area contributed by atoms with E-state index >= 15 is 0 Å². The third-order valence-corrected chi connectivity index (χ3v) is 8.64. The fraction of sp³-hybridized carbons (Fsp3) is 0.200. The topological polar surface area (TPSA) is 0 Å². The normalized spacial score (nSPS) is 20.0. The molecule has 0 radical (unpaired) electrons. The van der Waals surface area contributed by atoms with E-state index in [0.29, 0.717) is 5.92 Å². The molecule has 2 aromatic carbocycles. The van der Waals surface area contributed by atoms with Gasteiger partial charge >= 0.3 is 0 Å². The molecule has 0 aromatic heterocycles. The second-order valence-corrected chi connectivity index (χ2v) is 11.1. The second kappa shape index (κ2) is 4.76. The Morgan fingerprint density at radius 2 is 1.45 bits per heavy atom. The second-order valence-electron chi connectivity index (χ2n) is 6.86. The molecule has 2 aliphatic carbocycles. The van der Waals surface area contributed by atoms with Crippen molar-refractivity contribution in [3.8, 4) is 11.1 Å². The molecule has 2 heteroatoms. The predicted octanol–water partition coefficient (Wildman–Crippen LogP) is 5.03. The van der Waals surface area contributed by atoms with Gasteiger partial charge in [-0.2, -0.15) is 10.8 Å². The van der Waals surface area contributed by atoms with E-state index in [1.807, 2.05) is 0 Å². The molecule has 2 aromatic rings. The smallest absolute Gasteiger partial charge is 0.0142 e. The van der Waals surface area contributed by atoms with Crippen molar-refractivity contribution in [3.63, 3.8) is 0 Å². The molecule has 0 bridgehead atoms. The van der Waals surface area contributed by atoms with Gasteiger partial charge in [-0.25, -0.2) is 5.20 Å². The van der Waals surface area contributed by atoms with Crippen LogP contribution in [0.2, 0.25) is 13.1 Å². The van der Waals surface area contributed by atoms with Crippen molar-refractivity contribution >= 4 is 8.07 Å². The molecule has 1 heterocycles. The summed E-state index contributed by atoms with van der Waals surface area (Å²) in [4.78, 5) is 0. The van der Waals surface area contributed by atoms with Crippen molar-refractivity contribution < 1.29 is 26.2 Å². The number of benzene rings is 2. The summed E-state index contributed by atoms with van der Waals surface area (Å²) in [5.41, 5.74) is 7.51. The molecule has 0 atom stereocenters. The molecule has 0 saturated carbocycles. The molecule has 22 heavy (non-hydrogen) atoms. The first-order chi connectivity index (χ1) is 10.2. The summed E-state index contributed by atoms with van der Waals surface area (Å²) < 4.78 is 0. The van der Waals surface area contributed by atoms with Crippen LogP contribution in [-0.2, 0) is 26.2 Å². The molecular formula is C20H17SiZr-. The van der Waals surface area contributed by atoms with E-state index in [2.05, 4.69) is 67.7 Å². The SMILES string of the molecule is C[Si]1(C)C2=[C-]CC(C3c4ccccc4-c4ccccc43)=C21.[Zr]. The van der Waals surface area contributed by atoms with Gasteiger partial charge in [0, 0.05) is 32.1 Å². The van der Waals surface area contributed by atoms with Crippen molar-refractivity contribution in [1.29, 1.82) is 0 Å². The van der Waals surface area contributed by atoms with E-state index in [1.165, 1.54) is 22.3 Å². The van der Waals surface area contributed by atoms with E-state index in [4.69, 9.17) is 0 Å². The number of fused-ring (bicyclic) bond motifs is 4. The number of hydrogen-bond donors (Lipinski definition) is 0. The van der Waals surface area contributed by atoms with E-state index in [-0.39, 0.29) is 26.2 Å². The van der Waals surface area contributed by atoms with Crippen LogP contribution < -0.4 is 0 Å². The van der Waals surface area contributed by atoms with Crippen LogP contribution >= 0.6 is 0 Å². The number of hydrogen-bond acceptors (Lipinski definition) is 0. The van der Waals surface area contributed by atoms with Crippen molar-refractivity contribution in [2.45, 2.75) is 25.4 Å². The van der Waals surface area contributed by atoms with Gasteiger partial charge in [-0.15, -0.1) is 6.42 Å². The summed E-state index contributed by atoms with van der Waals surface area (Å²) in [7, 11) is -1.20. The summed E-state index contributed by atoms with van der Waals surface area (Å²) in [6.07, 6.45) is 4.73. The van der Waals surface area contributed by atoms with Crippen molar-refractivity contribution in [2.24, 2.45) is 0 Å². The molecular weight excluding hydrogens is 360 g/mol. The molecule has 1 aliphatic heterocycles. The van der Waals surface area contributed by atoms with E-state index in [0.717, 1.165) is 6.42 Å². The van der Waals surface area contributed by atoms with Crippen LogP contribution in [-0.4, -0.2) is 8.07 Å². The van der Waals surface area contributed by atoms with Crippen LogP contribution in [0, 0.1) is 6.08 Å². The quantitative estimate of drug-likeness (QED) is 0.484. The average Bonchev–Trinajstić information content (AvgIpc) is 2.87. The van der Waals surface area contributed by atoms with Crippen molar-refractivity contribution in [3.05, 3.63) is 81.7 Å². The van der Waals surface area contributed by atoms with Gasteiger partial charge in [0.25, 0.3) is 0 Å². The zero-order chi connectivity index (χ0) is 14.2. The molecule has 0 spiro atoms. The standard InChI is InChI=1S/C20H17Si.Zr/c1-21(2)18-12-11-17(20(18)21)19-15-9-5-3-7-13(15)14-8-4-6-10-16(14)19;/h3-10,19H,11H2,1-2H3;/q-1;. The van der Waals surface area contributed by atoms with Crippen molar-refractivity contribution in [2.75, 3.05) is 0 Å². The van der Waals surface area contributed by atoms with Crippen LogP contribution in [0.5, 0.6) is 0 Å². The Hall–Kier alpha value is -0.980. The minimum absolute atomic E-state index is 0. The number of rotatable bonds is 1. The van der Waals surface area contributed by atoms with Crippen LogP contribution in [0.25, 0.3) is 11.1 Å². The van der Waals surface area contributed by atoms with Gasteiger partial charge in [0.1, 0.15) is 0 Å². The van der Waals surface area contributed by atoms with Gasteiger partial charge in [0.2, 0.25) is 0 Å². The zero-order valence-electron chi connectivity index (χ0n) is 12.9. The van der Waals surface area contributed by atoms with Gasteiger partial charge < -0.3 is 0 Å². The molecule has 5 rings (SSSR count). The van der Waals surface area contributed by atoms with E-state index < -0.39 is 8.07 Å².